The van der Waals surface area contributed by atoms with Crippen LogP contribution < -0.4 is 10.6 Å². The molecule has 1 rings (SSSR count). The number of amides is 1. The maximum atomic E-state index is 11.8. The molecule has 0 bridgehead atoms. The second-order valence-electron chi connectivity index (χ2n) is 4.06. The van der Waals surface area contributed by atoms with E-state index in [1.165, 1.54) is 7.11 Å². The highest BCUT2D eigenvalue weighted by molar-refractivity contribution is 5.94. The summed E-state index contributed by atoms with van der Waals surface area (Å²) >= 11 is 0. The number of benzene rings is 1. The van der Waals surface area contributed by atoms with Gasteiger partial charge in [0.25, 0.3) is 5.91 Å². The zero-order valence-electron chi connectivity index (χ0n) is 11.4. The standard InChI is InChI=1S/C14H20N2O3/c1-3-15-10-11-4-6-12(7-5-11)14(18)16-9-8-13(17)19-2/h4-7,15H,3,8-10H2,1-2H3,(H,16,18). The van der Waals surface area contributed by atoms with E-state index in [0.29, 0.717) is 5.56 Å². The van der Waals surface area contributed by atoms with Gasteiger partial charge in [0.15, 0.2) is 0 Å². The van der Waals surface area contributed by atoms with E-state index in [4.69, 9.17) is 0 Å². The van der Waals surface area contributed by atoms with Gasteiger partial charge in [0, 0.05) is 18.7 Å². The smallest absolute Gasteiger partial charge is 0.307 e. The fraction of sp³-hybridized carbons (Fsp3) is 0.429. The maximum absolute atomic E-state index is 11.8. The highest BCUT2D eigenvalue weighted by atomic mass is 16.5. The zero-order valence-corrected chi connectivity index (χ0v) is 11.4. The molecule has 19 heavy (non-hydrogen) atoms. The minimum atomic E-state index is -0.332. The van der Waals surface area contributed by atoms with Crippen LogP contribution in [0.15, 0.2) is 24.3 Å². The fourth-order valence-corrected chi connectivity index (χ4v) is 1.53. The molecule has 104 valence electrons. The monoisotopic (exact) mass is 264 g/mol. The van der Waals surface area contributed by atoms with Crippen LogP contribution in [0.1, 0.15) is 29.3 Å². The number of methoxy groups -OCH3 is 1. The number of esters is 1. The highest BCUT2D eigenvalue weighted by Crippen LogP contribution is 2.04. The summed E-state index contributed by atoms with van der Waals surface area (Å²) in [5.41, 5.74) is 1.72. The van der Waals surface area contributed by atoms with Crippen molar-refractivity contribution in [1.82, 2.24) is 10.6 Å². The van der Waals surface area contributed by atoms with Gasteiger partial charge in [-0.3, -0.25) is 9.59 Å². The SMILES string of the molecule is CCNCc1ccc(C(=O)NCCC(=O)OC)cc1. The normalized spacial score (nSPS) is 10.0. The van der Waals surface area contributed by atoms with Crippen LogP contribution in [-0.4, -0.2) is 32.1 Å². The molecule has 5 nitrogen and oxygen atoms in total. The van der Waals surface area contributed by atoms with Crippen molar-refractivity contribution in [1.29, 1.82) is 0 Å². The summed E-state index contributed by atoms with van der Waals surface area (Å²) in [4.78, 5) is 22.7. The lowest BCUT2D eigenvalue weighted by molar-refractivity contribution is -0.140. The Morgan fingerprint density at radius 1 is 1.21 bits per heavy atom. The molecule has 0 aliphatic rings. The lowest BCUT2D eigenvalue weighted by atomic mass is 10.1. The van der Waals surface area contributed by atoms with Crippen molar-refractivity contribution in [2.45, 2.75) is 19.9 Å². The molecular formula is C14H20N2O3. The van der Waals surface area contributed by atoms with Crippen LogP contribution in [0.2, 0.25) is 0 Å². The quantitative estimate of drug-likeness (QED) is 0.723. The predicted octanol–water partition coefficient (Wildman–Crippen LogP) is 1.09. The summed E-state index contributed by atoms with van der Waals surface area (Å²) < 4.78 is 4.49. The third kappa shape index (κ3) is 5.52. The molecule has 2 N–H and O–H groups in total. The Hall–Kier alpha value is -1.88. The van der Waals surface area contributed by atoms with Crippen LogP contribution in [0.3, 0.4) is 0 Å². The number of carbonyl (C=O) groups excluding carboxylic acids is 2. The summed E-state index contributed by atoms with van der Waals surface area (Å²) in [7, 11) is 1.33. The molecule has 0 heterocycles. The van der Waals surface area contributed by atoms with Crippen molar-refractivity contribution < 1.29 is 14.3 Å². The summed E-state index contributed by atoms with van der Waals surface area (Å²) in [5.74, 6) is -0.514. The second-order valence-corrected chi connectivity index (χ2v) is 4.06. The molecule has 0 saturated carbocycles. The van der Waals surface area contributed by atoms with E-state index in [-0.39, 0.29) is 24.8 Å². The van der Waals surface area contributed by atoms with E-state index >= 15 is 0 Å². The third-order valence-electron chi connectivity index (χ3n) is 2.64. The van der Waals surface area contributed by atoms with Crippen molar-refractivity contribution in [2.24, 2.45) is 0 Å². The van der Waals surface area contributed by atoms with Crippen LogP contribution >= 0.6 is 0 Å². The lowest BCUT2D eigenvalue weighted by Gasteiger charge is -2.06. The Morgan fingerprint density at radius 3 is 2.47 bits per heavy atom. The average molecular weight is 264 g/mol. The topological polar surface area (TPSA) is 67.4 Å². The van der Waals surface area contributed by atoms with Gasteiger partial charge in [0.05, 0.1) is 13.5 Å². The van der Waals surface area contributed by atoms with Gasteiger partial charge in [0.2, 0.25) is 0 Å². The van der Waals surface area contributed by atoms with Crippen molar-refractivity contribution in [2.75, 3.05) is 20.2 Å². The van der Waals surface area contributed by atoms with Gasteiger partial charge in [-0.05, 0) is 24.2 Å². The van der Waals surface area contributed by atoms with Crippen LogP contribution in [0.25, 0.3) is 0 Å². The van der Waals surface area contributed by atoms with Crippen molar-refractivity contribution >= 4 is 11.9 Å². The number of nitrogens with one attached hydrogen (secondary N) is 2. The Labute approximate surface area is 113 Å². The fourth-order valence-electron chi connectivity index (χ4n) is 1.53. The molecule has 0 aromatic heterocycles. The molecule has 1 amide bonds. The van der Waals surface area contributed by atoms with E-state index in [1.54, 1.807) is 12.1 Å². The first-order chi connectivity index (χ1) is 9.17. The van der Waals surface area contributed by atoms with E-state index in [9.17, 15) is 9.59 Å². The van der Waals surface area contributed by atoms with Gasteiger partial charge in [-0.15, -0.1) is 0 Å². The Morgan fingerprint density at radius 2 is 1.89 bits per heavy atom. The summed E-state index contributed by atoms with van der Waals surface area (Å²) in [6.07, 6.45) is 0.181. The molecule has 1 aromatic carbocycles. The van der Waals surface area contributed by atoms with Gasteiger partial charge in [-0.1, -0.05) is 19.1 Å². The Bertz CT molecular complexity index is 415. The van der Waals surface area contributed by atoms with Crippen LogP contribution in [0.5, 0.6) is 0 Å². The summed E-state index contributed by atoms with van der Waals surface area (Å²) in [5, 5.41) is 5.89. The lowest BCUT2D eigenvalue weighted by Crippen LogP contribution is -2.26. The number of hydrogen-bond donors (Lipinski definition) is 2. The van der Waals surface area contributed by atoms with Gasteiger partial charge in [-0.25, -0.2) is 0 Å². The first-order valence-corrected chi connectivity index (χ1v) is 6.32. The number of rotatable bonds is 7. The van der Waals surface area contributed by atoms with Crippen molar-refractivity contribution in [3.8, 4) is 0 Å². The molecule has 0 saturated heterocycles. The molecule has 0 aliphatic heterocycles. The molecule has 0 spiro atoms. The Kier molecular flexibility index (Phi) is 6.60. The Balaban J connectivity index is 2.42. The largest absolute Gasteiger partial charge is 0.469 e. The molecular weight excluding hydrogens is 244 g/mol. The minimum absolute atomic E-state index is 0.181. The number of carbonyl (C=O) groups is 2. The van der Waals surface area contributed by atoms with E-state index in [1.807, 2.05) is 19.1 Å². The second kappa shape index (κ2) is 8.26. The molecule has 0 fully saturated rings. The van der Waals surface area contributed by atoms with Crippen molar-refractivity contribution in [3.05, 3.63) is 35.4 Å². The molecule has 1 aromatic rings. The van der Waals surface area contributed by atoms with Gasteiger partial charge < -0.3 is 15.4 Å². The van der Waals surface area contributed by atoms with Crippen molar-refractivity contribution in [3.63, 3.8) is 0 Å². The van der Waals surface area contributed by atoms with E-state index in [0.717, 1.165) is 18.7 Å². The number of ether oxygens (including phenoxy) is 1. The molecule has 0 unspecified atom stereocenters. The van der Waals surface area contributed by atoms with Crippen LogP contribution in [0, 0.1) is 0 Å². The van der Waals surface area contributed by atoms with Gasteiger partial charge >= 0.3 is 5.97 Å². The highest BCUT2D eigenvalue weighted by Gasteiger charge is 2.06. The summed E-state index contributed by atoms with van der Waals surface area (Å²) in [6.45, 7) is 4.03. The van der Waals surface area contributed by atoms with E-state index < -0.39 is 0 Å². The van der Waals surface area contributed by atoms with Crippen LogP contribution in [-0.2, 0) is 16.1 Å². The molecule has 0 radical (unpaired) electrons. The molecule has 5 heteroatoms. The number of hydrogen-bond acceptors (Lipinski definition) is 4. The average Bonchev–Trinajstić information content (AvgIpc) is 2.45. The maximum Gasteiger partial charge on any atom is 0.307 e. The molecule has 0 aliphatic carbocycles. The predicted molar refractivity (Wildman–Crippen MR) is 72.8 cm³/mol. The van der Waals surface area contributed by atoms with E-state index in [2.05, 4.69) is 15.4 Å². The zero-order chi connectivity index (χ0) is 14.1. The third-order valence-corrected chi connectivity index (χ3v) is 2.64. The first kappa shape index (κ1) is 15.2. The van der Waals surface area contributed by atoms with Gasteiger partial charge in [-0.2, -0.15) is 0 Å². The summed E-state index contributed by atoms with van der Waals surface area (Å²) in [6, 6.07) is 7.38. The van der Waals surface area contributed by atoms with Crippen LogP contribution in [0.4, 0.5) is 0 Å². The first-order valence-electron chi connectivity index (χ1n) is 6.32. The molecule has 0 atom stereocenters. The minimum Gasteiger partial charge on any atom is -0.469 e. The van der Waals surface area contributed by atoms with Gasteiger partial charge in [0.1, 0.15) is 0 Å².